The Morgan fingerprint density at radius 3 is 2.53 bits per heavy atom. The van der Waals surface area contributed by atoms with Crippen molar-refractivity contribution in [1.29, 1.82) is 0 Å². The lowest BCUT2D eigenvalue weighted by Gasteiger charge is -2.19. The molecule has 0 aromatic carbocycles. The van der Waals surface area contributed by atoms with Crippen LogP contribution in [-0.4, -0.2) is 25.5 Å². The predicted octanol–water partition coefficient (Wildman–Crippen LogP) is 1.25. The molecule has 3 atom stereocenters. The number of carbonyl (C=O) groups excluding carboxylic acids is 1. The maximum atomic E-state index is 11.8. The van der Waals surface area contributed by atoms with Gasteiger partial charge >= 0.3 is 0 Å². The molecule has 0 saturated carbocycles. The highest BCUT2D eigenvalue weighted by molar-refractivity contribution is 5.79. The lowest BCUT2D eigenvalue weighted by atomic mass is 9.95. The van der Waals surface area contributed by atoms with Gasteiger partial charge in [-0.05, 0) is 24.3 Å². The Bertz CT molecular complexity index is 216. The van der Waals surface area contributed by atoms with Gasteiger partial charge < -0.3 is 10.6 Å². The highest BCUT2D eigenvalue weighted by Crippen LogP contribution is 2.16. The lowest BCUT2D eigenvalue weighted by molar-refractivity contribution is -0.125. The molecule has 1 aliphatic rings. The Morgan fingerprint density at radius 2 is 2.07 bits per heavy atom. The molecule has 0 radical (unpaired) electrons. The van der Waals surface area contributed by atoms with Crippen molar-refractivity contribution >= 4 is 5.91 Å². The van der Waals surface area contributed by atoms with Crippen LogP contribution in [0.25, 0.3) is 0 Å². The minimum atomic E-state index is 0.171. The zero-order chi connectivity index (χ0) is 11.4. The molecule has 3 unspecified atom stereocenters. The van der Waals surface area contributed by atoms with Gasteiger partial charge in [0.15, 0.2) is 0 Å². The van der Waals surface area contributed by atoms with Crippen LogP contribution in [0, 0.1) is 23.7 Å². The first-order chi connectivity index (χ1) is 7.02. The highest BCUT2D eigenvalue weighted by atomic mass is 16.1. The molecule has 0 bridgehead atoms. The van der Waals surface area contributed by atoms with E-state index >= 15 is 0 Å². The van der Waals surface area contributed by atoms with Crippen molar-refractivity contribution in [1.82, 2.24) is 10.6 Å². The summed E-state index contributed by atoms with van der Waals surface area (Å²) in [5.41, 5.74) is 0. The summed E-state index contributed by atoms with van der Waals surface area (Å²) in [4.78, 5) is 11.8. The van der Waals surface area contributed by atoms with Gasteiger partial charge in [-0.15, -0.1) is 0 Å². The van der Waals surface area contributed by atoms with Crippen molar-refractivity contribution in [3.63, 3.8) is 0 Å². The van der Waals surface area contributed by atoms with Gasteiger partial charge in [-0.3, -0.25) is 4.79 Å². The third kappa shape index (κ3) is 3.49. The van der Waals surface area contributed by atoms with Gasteiger partial charge in [0, 0.05) is 13.1 Å². The highest BCUT2D eigenvalue weighted by Gasteiger charge is 2.29. The molecule has 3 heteroatoms. The van der Waals surface area contributed by atoms with Crippen molar-refractivity contribution in [3.8, 4) is 0 Å². The predicted molar refractivity (Wildman–Crippen MR) is 62.5 cm³/mol. The topological polar surface area (TPSA) is 41.1 Å². The molecule has 3 nitrogen and oxygen atoms in total. The van der Waals surface area contributed by atoms with E-state index in [-0.39, 0.29) is 11.8 Å². The summed E-state index contributed by atoms with van der Waals surface area (Å²) in [5.74, 6) is 2.05. The SMILES string of the molecule is CC(C)C(C)CNC(=O)C1CNCC1C. The van der Waals surface area contributed by atoms with Gasteiger partial charge in [0.2, 0.25) is 5.91 Å². The second kappa shape index (κ2) is 5.50. The second-order valence-corrected chi connectivity index (χ2v) is 5.21. The monoisotopic (exact) mass is 212 g/mol. The number of rotatable bonds is 4. The molecule has 1 rings (SSSR count). The van der Waals surface area contributed by atoms with E-state index in [1.54, 1.807) is 0 Å². The van der Waals surface area contributed by atoms with Crippen LogP contribution in [0.2, 0.25) is 0 Å². The standard InChI is InChI=1S/C12H24N2O/c1-8(2)9(3)6-14-12(15)11-7-13-5-10(11)4/h8-11,13H,5-7H2,1-4H3,(H,14,15). The molecule has 1 fully saturated rings. The first-order valence-electron chi connectivity index (χ1n) is 6.00. The van der Waals surface area contributed by atoms with Crippen LogP contribution in [0.5, 0.6) is 0 Å². The average molecular weight is 212 g/mol. The summed E-state index contributed by atoms with van der Waals surface area (Å²) in [6.07, 6.45) is 0. The fourth-order valence-electron chi connectivity index (χ4n) is 1.79. The molecule has 2 N–H and O–H groups in total. The molecule has 0 aromatic rings. The normalized spacial score (nSPS) is 28.1. The fourth-order valence-corrected chi connectivity index (χ4v) is 1.79. The average Bonchev–Trinajstić information content (AvgIpc) is 2.60. The van der Waals surface area contributed by atoms with Gasteiger partial charge in [0.25, 0.3) is 0 Å². The van der Waals surface area contributed by atoms with Crippen molar-refractivity contribution < 1.29 is 4.79 Å². The fraction of sp³-hybridized carbons (Fsp3) is 0.917. The molecule has 0 aliphatic carbocycles. The quantitative estimate of drug-likeness (QED) is 0.736. The summed E-state index contributed by atoms with van der Waals surface area (Å²) in [6, 6.07) is 0. The minimum Gasteiger partial charge on any atom is -0.356 e. The Morgan fingerprint density at radius 1 is 1.40 bits per heavy atom. The Balaban J connectivity index is 2.29. The lowest BCUT2D eigenvalue weighted by Crippen LogP contribution is -2.37. The van der Waals surface area contributed by atoms with E-state index in [2.05, 4.69) is 38.3 Å². The van der Waals surface area contributed by atoms with Gasteiger partial charge in [-0.25, -0.2) is 0 Å². The number of nitrogens with one attached hydrogen (secondary N) is 2. The summed E-state index contributed by atoms with van der Waals surface area (Å²) in [7, 11) is 0. The summed E-state index contributed by atoms with van der Waals surface area (Å²) in [6.45, 7) is 11.3. The summed E-state index contributed by atoms with van der Waals surface area (Å²) >= 11 is 0. The van der Waals surface area contributed by atoms with E-state index in [9.17, 15) is 4.79 Å². The number of hydrogen-bond acceptors (Lipinski definition) is 2. The second-order valence-electron chi connectivity index (χ2n) is 5.21. The van der Waals surface area contributed by atoms with Crippen LogP contribution in [-0.2, 0) is 4.79 Å². The molecule has 0 spiro atoms. The number of hydrogen-bond donors (Lipinski definition) is 2. The third-order valence-corrected chi connectivity index (χ3v) is 3.59. The van der Waals surface area contributed by atoms with E-state index in [0.717, 1.165) is 19.6 Å². The smallest absolute Gasteiger partial charge is 0.224 e. The molecule has 88 valence electrons. The van der Waals surface area contributed by atoms with E-state index in [4.69, 9.17) is 0 Å². The first kappa shape index (κ1) is 12.5. The Hall–Kier alpha value is -0.570. The maximum absolute atomic E-state index is 11.8. The van der Waals surface area contributed by atoms with Crippen molar-refractivity contribution in [2.24, 2.45) is 23.7 Å². The molecular formula is C12H24N2O. The Kier molecular flexibility index (Phi) is 4.58. The van der Waals surface area contributed by atoms with E-state index < -0.39 is 0 Å². The zero-order valence-electron chi connectivity index (χ0n) is 10.3. The minimum absolute atomic E-state index is 0.171. The van der Waals surface area contributed by atoms with Gasteiger partial charge in [-0.1, -0.05) is 27.7 Å². The number of amides is 1. The molecule has 1 aliphatic heterocycles. The summed E-state index contributed by atoms with van der Waals surface area (Å²) < 4.78 is 0. The van der Waals surface area contributed by atoms with Crippen LogP contribution in [0.4, 0.5) is 0 Å². The van der Waals surface area contributed by atoms with E-state index in [1.807, 2.05) is 0 Å². The summed E-state index contributed by atoms with van der Waals surface area (Å²) in [5, 5.41) is 6.31. The first-order valence-corrected chi connectivity index (χ1v) is 6.00. The zero-order valence-corrected chi connectivity index (χ0v) is 10.3. The molecule has 0 aromatic heterocycles. The van der Waals surface area contributed by atoms with Crippen molar-refractivity contribution in [3.05, 3.63) is 0 Å². The third-order valence-electron chi connectivity index (χ3n) is 3.59. The largest absolute Gasteiger partial charge is 0.356 e. The molecular weight excluding hydrogens is 188 g/mol. The van der Waals surface area contributed by atoms with Gasteiger partial charge in [0.05, 0.1) is 5.92 Å². The molecule has 15 heavy (non-hydrogen) atoms. The van der Waals surface area contributed by atoms with Crippen molar-refractivity contribution in [2.45, 2.75) is 27.7 Å². The van der Waals surface area contributed by atoms with Crippen molar-refractivity contribution in [2.75, 3.05) is 19.6 Å². The molecule has 1 amide bonds. The van der Waals surface area contributed by atoms with E-state index in [0.29, 0.717) is 17.8 Å². The van der Waals surface area contributed by atoms with Crippen LogP contribution in [0.15, 0.2) is 0 Å². The van der Waals surface area contributed by atoms with Crippen LogP contribution >= 0.6 is 0 Å². The van der Waals surface area contributed by atoms with Crippen LogP contribution < -0.4 is 10.6 Å². The molecule has 1 saturated heterocycles. The van der Waals surface area contributed by atoms with E-state index in [1.165, 1.54) is 0 Å². The maximum Gasteiger partial charge on any atom is 0.224 e. The Labute approximate surface area is 93.0 Å². The van der Waals surface area contributed by atoms with Crippen LogP contribution in [0.3, 0.4) is 0 Å². The van der Waals surface area contributed by atoms with Gasteiger partial charge in [0.1, 0.15) is 0 Å². The van der Waals surface area contributed by atoms with Gasteiger partial charge in [-0.2, -0.15) is 0 Å². The number of carbonyl (C=O) groups is 1. The van der Waals surface area contributed by atoms with Crippen LogP contribution in [0.1, 0.15) is 27.7 Å². The molecule has 1 heterocycles.